The van der Waals surface area contributed by atoms with Crippen molar-refractivity contribution in [3.05, 3.63) is 0 Å². The van der Waals surface area contributed by atoms with E-state index >= 15 is 0 Å². The zero-order chi connectivity index (χ0) is 14.7. The molecule has 0 aromatic heterocycles. The summed E-state index contributed by atoms with van der Waals surface area (Å²) in [4.78, 5) is 33.8. The van der Waals surface area contributed by atoms with E-state index in [-0.39, 0.29) is 18.2 Å². The summed E-state index contributed by atoms with van der Waals surface area (Å²) in [7, 11) is 0. The van der Waals surface area contributed by atoms with Gasteiger partial charge in [-0.25, -0.2) is 4.79 Å². The maximum atomic E-state index is 11.7. The molecule has 110 valence electrons. The molecule has 0 saturated heterocycles. The minimum Gasteiger partial charge on any atom is -0.352 e. The van der Waals surface area contributed by atoms with E-state index in [2.05, 4.69) is 16.0 Å². The topological polar surface area (TPSA) is 113 Å². The maximum absolute atomic E-state index is 11.7. The van der Waals surface area contributed by atoms with Crippen molar-refractivity contribution in [3.63, 3.8) is 0 Å². The van der Waals surface area contributed by atoms with Gasteiger partial charge in [0.05, 0.1) is 12.6 Å². The molecule has 3 amide bonds. The molecule has 0 rings (SSSR count). The van der Waals surface area contributed by atoms with Crippen molar-refractivity contribution in [2.45, 2.75) is 39.2 Å². The van der Waals surface area contributed by atoms with Gasteiger partial charge in [0.1, 0.15) is 0 Å². The highest BCUT2D eigenvalue weighted by atomic mass is 16.2. The zero-order valence-corrected chi connectivity index (χ0v) is 11.6. The Hall–Kier alpha value is -1.63. The maximum Gasteiger partial charge on any atom is 0.312 e. The highest BCUT2D eigenvalue weighted by Gasteiger charge is 2.18. The molecule has 0 heterocycles. The summed E-state index contributed by atoms with van der Waals surface area (Å²) in [5.74, 6) is -0.208. The first-order valence-corrected chi connectivity index (χ1v) is 6.57. The number of urea groups is 1. The summed E-state index contributed by atoms with van der Waals surface area (Å²) in [5.41, 5.74) is 4.94. The molecule has 5 N–H and O–H groups in total. The summed E-state index contributed by atoms with van der Waals surface area (Å²) in [5, 5.41) is 8.04. The molecular weight excluding hydrogens is 248 g/mol. The summed E-state index contributed by atoms with van der Waals surface area (Å²) in [6.07, 6.45) is 1.45. The number of Topliss-reactive ketones (excluding diaryl/α,β-unsaturated/α-hetero) is 1. The van der Waals surface area contributed by atoms with Gasteiger partial charge in [-0.3, -0.25) is 9.59 Å². The number of likely N-dealkylation sites (N-methyl/N-ethyl adjacent to an activating group) is 1. The third kappa shape index (κ3) is 9.01. The molecule has 19 heavy (non-hydrogen) atoms. The van der Waals surface area contributed by atoms with Crippen LogP contribution >= 0.6 is 0 Å². The van der Waals surface area contributed by atoms with Crippen LogP contribution in [0.3, 0.4) is 0 Å². The zero-order valence-electron chi connectivity index (χ0n) is 11.6. The average molecular weight is 272 g/mol. The Kier molecular flexibility index (Phi) is 9.42. The van der Waals surface area contributed by atoms with Gasteiger partial charge in [0.15, 0.2) is 5.78 Å². The number of carbonyl (C=O) groups excluding carboxylic acids is 3. The fourth-order valence-electron chi connectivity index (χ4n) is 1.56. The van der Waals surface area contributed by atoms with Crippen molar-refractivity contribution >= 4 is 17.7 Å². The first-order chi connectivity index (χ1) is 9.01. The normalized spacial score (nSPS) is 11.7. The predicted molar refractivity (Wildman–Crippen MR) is 72.6 cm³/mol. The van der Waals surface area contributed by atoms with E-state index in [9.17, 15) is 14.4 Å². The summed E-state index contributed by atoms with van der Waals surface area (Å²) in [6.45, 7) is 4.95. The number of nitrogens with two attached hydrogens (primary N) is 1. The van der Waals surface area contributed by atoms with Crippen LogP contribution in [0.5, 0.6) is 0 Å². The van der Waals surface area contributed by atoms with Crippen LogP contribution in [0.25, 0.3) is 0 Å². The molecule has 1 unspecified atom stereocenters. The van der Waals surface area contributed by atoms with Crippen LogP contribution in [-0.2, 0) is 9.59 Å². The second-order valence-electron chi connectivity index (χ2n) is 4.15. The Morgan fingerprint density at radius 2 is 1.89 bits per heavy atom. The Labute approximate surface area is 113 Å². The van der Waals surface area contributed by atoms with Gasteiger partial charge in [-0.1, -0.05) is 13.8 Å². The van der Waals surface area contributed by atoms with Crippen molar-refractivity contribution in [1.82, 2.24) is 16.0 Å². The van der Waals surface area contributed by atoms with Gasteiger partial charge in [-0.05, 0) is 19.4 Å². The van der Waals surface area contributed by atoms with Gasteiger partial charge in [-0.15, -0.1) is 0 Å². The van der Waals surface area contributed by atoms with Crippen LogP contribution in [0.2, 0.25) is 0 Å². The van der Waals surface area contributed by atoms with E-state index in [0.717, 1.165) is 0 Å². The Morgan fingerprint density at radius 3 is 2.42 bits per heavy atom. The fraction of sp³-hybridized carbons (Fsp3) is 0.750. The molecule has 0 saturated carbocycles. The molecule has 0 fully saturated rings. The van der Waals surface area contributed by atoms with Crippen molar-refractivity contribution < 1.29 is 14.4 Å². The Morgan fingerprint density at radius 1 is 1.21 bits per heavy atom. The third-order valence-electron chi connectivity index (χ3n) is 2.58. The van der Waals surface area contributed by atoms with Crippen molar-refractivity contribution in [3.8, 4) is 0 Å². The molecule has 0 aromatic carbocycles. The van der Waals surface area contributed by atoms with Crippen LogP contribution in [0.4, 0.5) is 4.79 Å². The number of carbonyl (C=O) groups is 3. The van der Waals surface area contributed by atoms with Gasteiger partial charge in [0, 0.05) is 13.0 Å². The number of amides is 3. The van der Waals surface area contributed by atoms with E-state index < -0.39 is 12.1 Å². The highest BCUT2D eigenvalue weighted by molar-refractivity contribution is 5.89. The summed E-state index contributed by atoms with van der Waals surface area (Å²) >= 11 is 0. The van der Waals surface area contributed by atoms with Crippen LogP contribution in [0, 0.1) is 0 Å². The number of hydrogen-bond acceptors (Lipinski definition) is 4. The third-order valence-corrected chi connectivity index (χ3v) is 2.58. The fourth-order valence-corrected chi connectivity index (χ4v) is 1.56. The molecule has 0 aromatic rings. The standard InChI is InChI=1S/C12H24N4O3/c1-3-10(17)9(6-5-7-15-12(13)19)16-11(18)8-14-4-2/h9,14H,3-8H2,1-2H3,(H,16,18)(H3,13,15,19). The van der Waals surface area contributed by atoms with Gasteiger partial charge >= 0.3 is 6.03 Å². The number of ketones is 1. The van der Waals surface area contributed by atoms with Crippen LogP contribution in [0.15, 0.2) is 0 Å². The molecule has 0 radical (unpaired) electrons. The van der Waals surface area contributed by atoms with Gasteiger partial charge in [0.2, 0.25) is 5.91 Å². The summed E-state index contributed by atoms with van der Waals surface area (Å²) in [6, 6.07) is -1.08. The minimum atomic E-state index is -0.588. The van der Waals surface area contributed by atoms with Crippen LogP contribution < -0.4 is 21.7 Å². The molecule has 0 aliphatic rings. The van der Waals surface area contributed by atoms with E-state index in [1.807, 2.05) is 6.92 Å². The second kappa shape index (κ2) is 10.3. The lowest BCUT2D eigenvalue weighted by atomic mass is 10.0. The van der Waals surface area contributed by atoms with Crippen molar-refractivity contribution in [2.24, 2.45) is 5.73 Å². The van der Waals surface area contributed by atoms with Gasteiger partial charge in [0.25, 0.3) is 0 Å². The number of nitrogens with one attached hydrogen (secondary N) is 3. The smallest absolute Gasteiger partial charge is 0.312 e. The molecule has 0 aliphatic heterocycles. The van der Waals surface area contributed by atoms with Gasteiger partial charge in [-0.2, -0.15) is 0 Å². The van der Waals surface area contributed by atoms with Crippen LogP contribution in [-0.4, -0.2) is 43.4 Å². The second-order valence-corrected chi connectivity index (χ2v) is 4.15. The molecule has 0 aliphatic carbocycles. The molecule has 0 bridgehead atoms. The average Bonchev–Trinajstić information content (AvgIpc) is 2.38. The van der Waals surface area contributed by atoms with E-state index in [1.165, 1.54) is 0 Å². The molecule has 7 nitrogen and oxygen atoms in total. The largest absolute Gasteiger partial charge is 0.352 e. The monoisotopic (exact) mass is 272 g/mol. The lowest BCUT2D eigenvalue weighted by Gasteiger charge is -2.17. The molecule has 1 atom stereocenters. The highest BCUT2D eigenvalue weighted by Crippen LogP contribution is 2.01. The molecule has 7 heteroatoms. The van der Waals surface area contributed by atoms with Crippen molar-refractivity contribution in [1.29, 1.82) is 0 Å². The first kappa shape index (κ1) is 17.4. The number of hydrogen-bond donors (Lipinski definition) is 4. The SMILES string of the molecule is CCNCC(=O)NC(CCCNC(N)=O)C(=O)CC. The van der Waals surface area contributed by atoms with Crippen molar-refractivity contribution in [2.75, 3.05) is 19.6 Å². The molecular formula is C12H24N4O3. The Bertz CT molecular complexity index is 307. The molecule has 0 spiro atoms. The van der Waals surface area contributed by atoms with E-state index in [0.29, 0.717) is 32.4 Å². The van der Waals surface area contributed by atoms with E-state index in [1.54, 1.807) is 6.92 Å². The lowest BCUT2D eigenvalue weighted by molar-refractivity contribution is -0.127. The number of rotatable bonds is 10. The Balaban J connectivity index is 4.12. The quantitative estimate of drug-likeness (QED) is 0.402. The van der Waals surface area contributed by atoms with Crippen LogP contribution in [0.1, 0.15) is 33.1 Å². The predicted octanol–water partition coefficient (Wildman–Crippen LogP) is -0.492. The lowest BCUT2D eigenvalue weighted by Crippen LogP contribution is -2.44. The van der Waals surface area contributed by atoms with Gasteiger partial charge < -0.3 is 21.7 Å². The number of primary amides is 1. The van der Waals surface area contributed by atoms with E-state index in [4.69, 9.17) is 5.73 Å². The first-order valence-electron chi connectivity index (χ1n) is 6.57. The minimum absolute atomic E-state index is 0.0103. The summed E-state index contributed by atoms with van der Waals surface area (Å²) < 4.78 is 0.